The van der Waals surface area contributed by atoms with Gasteiger partial charge in [0.2, 0.25) is 0 Å². The third-order valence-corrected chi connectivity index (χ3v) is 3.65. The van der Waals surface area contributed by atoms with E-state index in [4.69, 9.17) is 4.74 Å². The van der Waals surface area contributed by atoms with E-state index in [1.807, 2.05) is 7.05 Å². The van der Waals surface area contributed by atoms with Gasteiger partial charge in [-0.2, -0.15) is 0 Å². The van der Waals surface area contributed by atoms with Crippen LogP contribution in [0.1, 0.15) is 33.1 Å². The lowest BCUT2D eigenvalue weighted by Crippen LogP contribution is -2.45. The molecule has 0 saturated carbocycles. The molecular weight excluding hydrogens is 252 g/mol. The Morgan fingerprint density at radius 3 is 2.85 bits per heavy atom. The van der Waals surface area contributed by atoms with Crippen LogP contribution in [0.15, 0.2) is 4.99 Å². The number of likely N-dealkylation sites (tertiary alicyclic amines) is 1. The first-order valence-corrected chi connectivity index (χ1v) is 7.84. The molecule has 0 aliphatic carbocycles. The zero-order valence-electron chi connectivity index (χ0n) is 13.6. The number of hydrogen-bond acceptors (Lipinski definition) is 3. The fourth-order valence-electron chi connectivity index (χ4n) is 2.69. The van der Waals surface area contributed by atoms with E-state index in [0.717, 1.165) is 38.0 Å². The molecule has 1 aliphatic rings. The van der Waals surface area contributed by atoms with Crippen LogP contribution in [0.5, 0.6) is 0 Å². The Bertz CT molecular complexity index is 281. The minimum atomic E-state index is 0.648. The van der Waals surface area contributed by atoms with Gasteiger partial charge in [0.05, 0.1) is 0 Å². The second-order valence-electron chi connectivity index (χ2n) is 5.91. The molecule has 0 amide bonds. The molecule has 0 unspecified atom stereocenters. The van der Waals surface area contributed by atoms with Crippen molar-refractivity contribution in [1.82, 2.24) is 15.5 Å². The molecule has 118 valence electrons. The third kappa shape index (κ3) is 6.57. The standard InChI is InChI=1S/C15H32N4O/c1-13(2)12-19-9-5-7-14(19)11-18-15(16-3)17-8-6-10-20-4/h13-14H,5-12H2,1-4H3,(H2,16,17,18)/t14-/m1/s1. The van der Waals surface area contributed by atoms with Gasteiger partial charge in [-0.1, -0.05) is 13.8 Å². The molecule has 0 radical (unpaired) electrons. The molecule has 1 fully saturated rings. The van der Waals surface area contributed by atoms with E-state index >= 15 is 0 Å². The summed E-state index contributed by atoms with van der Waals surface area (Å²) in [7, 11) is 3.56. The number of hydrogen-bond donors (Lipinski definition) is 2. The predicted octanol–water partition coefficient (Wildman–Crippen LogP) is 1.31. The van der Waals surface area contributed by atoms with Crippen LogP contribution in [-0.4, -0.2) is 63.8 Å². The first-order valence-electron chi connectivity index (χ1n) is 7.84. The molecule has 0 bridgehead atoms. The van der Waals surface area contributed by atoms with Crippen LogP contribution in [0.3, 0.4) is 0 Å². The van der Waals surface area contributed by atoms with Gasteiger partial charge in [0.25, 0.3) is 0 Å². The van der Waals surface area contributed by atoms with Gasteiger partial charge in [-0.15, -0.1) is 0 Å². The number of rotatable bonds is 8. The van der Waals surface area contributed by atoms with E-state index in [2.05, 4.69) is 34.4 Å². The van der Waals surface area contributed by atoms with Crippen molar-refractivity contribution in [2.75, 3.05) is 46.9 Å². The Kier molecular flexibility index (Phi) is 8.62. The Morgan fingerprint density at radius 1 is 1.40 bits per heavy atom. The van der Waals surface area contributed by atoms with E-state index < -0.39 is 0 Å². The summed E-state index contributed by atoms with van der Waals surface area (Å²) in [6.45, 7) is 9.69. The lowest BCUT2D eigenvalue weighted by atomic mass is 10.1. The maximum atomic E-state index is 5.04. The van der Waals surface area contributed by atoms with Crippen molar-refractivity contribution in [3.05, 3.63) is 0 Å². The predicted molar refractivity (Wildman–Crippen MR) is 85.3 cm³/mol. The van der Waals surface area contributed by atoms with Crippen LogP contribution in [0, 0.1) is 5.92 Å². The summed E-state index contributed by atoms with van der Waals surface area (Å²) >= 11 is 0. The summed E-state index contributed by atoms with van der Waals surface area (Å²) in [6.07, 6.45) is 3.61. The molecule has 20 heavy (non-hydrogen) atoms. The van der Waals surface area contributed by atoms with Crippen molar-refractivity contribution in [3.63, 3.8) is 0 Å². The molecule has 1 heterocycles. The van der Waals surface area contributed by atoms with Crippen LogP contribution in [-0.2, 0) is 4.74 Å². The molecule has 0 aromatic carbocycles. The van der Waals surface area contributed by atoms with Gasteiger partial charge in [0.15, 0.2) is 5.96 Å². The summed E-state index contributed by atoms with van der Waals surface area (Å²) in [5.41, 5.74) is 0. The van der Waals surface area contributed by atoms with Gasteiger partial charge in [0, 0.05) is 46.4 Å². The summed E-state index contributed by atoms with van der Waals surface area (Å²) in [4.78, 5) is 6.87. The third-order valence-electron chi connectivity index (χ3n) is 3.65. The largest absolute Gasteiger partial charge is 0.385 e. The Labute approximate surface area is 124 Å². The second-order valence-corrected chi connectivity index (χ2v) is 5.91. The Balaban J connectivity index is 2.25. The molecule has 0 aromatic rings. The van der Waals surface area contributed by atoms with Gasteiger partial charge in [-0.3, -0.25) is 9.89 Å². The van der Waals surface area contributed by atoms with Crippen molar-refractivity contribution in [1.29, 1.82) is 0 Å². The van der Waals surface area contributed by atoms with Crippen molar-refractivity contribution in [3.8, 4) is 0 Å². The Morgan fingerprint density at radius 2 is 2.20 bits per heavy atom. The second kappa shape index (κ2) is 10.00. The number of nitrogens with zero attached hydrogens (tertiary/aromatic N) is 2. The summed E-state index contributed by atoms with van der Waals surface area (Å²) in [6, 6.07) is 0.648. The zero-order chi connectivity index (χ0) is 14.8. The van der Waals surface area contributed by atoms with E-state index in [-0.39, 0.29) is 0 Å². The lowest BCUT2D eigenvalue weighted by Gasteiger charge is -2.27. The van der Waals surface area contributed by atoms with Gasteiger partial charge >= 0.3 is 0 Å². The van der Waals surface area contributed by atoms with Crippen LogP contribution in [0.25, 0.3) is 0 Å². The fourth-order valence-corrected chi connectivity index (χ4v) is 2.69. The molecule has 0 spiro atoms. The zero-order valence-corrected chi connectivity index (χ0v) is 13.6. The monoisotopic (exact) mass is 284 g/mol. The number of guanidine groups is 1. The minimum absolute atomic E-state index is 0.648. The van der Waals surface area contributed by atoms with E-state index in [1.54, 1.807) is 7.11 Å². The smallest absolute Gasteiger partial charge is 0.191 e. The maximum Gasteiger partial charge on any atom is 0.191 e. The average molecular weight is 284 g/mol. The van der Waals surface area contributed by atoms with E-state index in [9.17, 15) is 0 Å². The summed E-state index contributed by atoms with van der Waals surface area (Å²) < 4.78 is 5.04. The van der Waals surface area contributed by atoms with Crippen molar-refractivity contribution >= 4 is 5.96 Å². The highest BCUT2D eigenvalue weighted by molar-refractivity contribution is 5.79. The van der Waals surface area contributed by atoms with Crippen molar-refractivity contribution in [2.24, 2.45) is 10.9 Å². The molecule has 1 saturated heterocycles. The van der Waals surface area contributed by atoms with Crippen LogP contribution < -0.4 is 10.6 Å². The molecule has 1 rings (SSSR count). The topological polar surface area (TPSA) is 48.9 Å². The molecule has 5 nitrogen and oxygen atoms in total. The van der Waals surface area contributed by atoms with Crippen molar-refractivity contribution < 1.29 is 4.74 Å². The van der Waals surface area contributed by atoms with Gasteiger partial charge in [0.1, 0.15) is 0 Å². The summed E-state index contributed by atoms with van der Waals surface area (Å²) in [5, 5.41) is 6.77. The lowest BCUT2D eigenvalue weighted by molar-refractivity contribution is 0.195. The van der Waals surface area contributed by atoms with Crippen LogP contribution in [0.2, 0.25) is 0 Å². The van der Waals surface area contributed by atoms with Gasteiger partial charge in [-0.05, 0) is 31.7 Å². The number of aliphatic imine (C=N–C) groups is 1. The highest BCUT2D eigenvalue weighted by Gasteiger charge is 2.24. The maximum absolute atomic E-state index is 5.04. The molecule has 1 atom stereocenters. The quantitative estimate of drug-likeness (QED) is 0.401. The van der Waals surface area contributed by atoms with Crippen LogP contribution >= 0.6 is 0 Å². The first kappa shape index (κ1) is 17.2. The highest BCUT2D eigenvalue weighted by Crippen LogP contribution is 2.17. The molecular formula is C15H32N4O. The molecule has 2 N–H and O–H groups in total. The molecule has 1 aliphatic heterocycles. The number of nitrogens with one attached hydrogen (secondary N) is 2. The normalized spacial score (nSPS) is 20.6. The van der Waals surface area contributed by atoms with Gasteiger partial charge < -0.3 is 15.4 Å². The SMILES string of the molecule is CN=C(NCCCOC)NC[C@H]1CCCN1CC(C)C. The minimum Gasteiger partial charge on any atom is -0.385 e. The average Bonchev–Trinajstić information content (AvgIpc) is 2.84. The molecule has 5 heteroatoms. The number of methoxy groups -OCH3 is 1. The first-order chi connectivity index (χ1) is 9.67. The summed E-state index contributed by atoms with van der Waals surface area (Å²) in [5.74, 6) is 1.64. The van der Waals surface area contributed by atoms with Gasteiger partial charge in [-0.25, -0.2) is 0 Å². The van der Waals surface area contributed by atoms with Crippen molar-refractivity contribution in [2.45, 2.75) is 39.2 Å². The fraction of sp³-hybridized carbons (Fsp3) is 0.933. The Hall–Kier alpha value is -0.810. The van der Waals surface area contributed by atoms with Crippen LogP contribution in [0.4, 0.5) is 0 Å². The highest BCUT2D eigenvalue weighted by atomic mass is 16.5. The van der Waals surface area contributed by atoms with E-state index in [0.29, 0.717) is 6.04 Å². The molecule has 0 aromatic heterocycles. The van der Waals surface area contributed by atoms with E-state index in [1.165, 1.54) is 25.9 Å². The number of ether oxygens (including phenoxy) is 1.